The largest absolute Gasteiger partial charge is 0.396 e. The summed E-state index contributed by atoms with van der Waals surface area (Å²) in [6.07, 6.45) is 6.82. The molecule has 1 atom stereocenters. The Kier molecular flexibility index (Phi) is 10.3. The lowest BCUT2D eigenvalue weighted by Crippen LogP contribution is -2.39. The minimum atomic E-state index is -0.320. The Morgan fingerprint density at radius 2 is 2.00 bits per heavy atom. The summed E-state index contributed by atoms with van der Waals surface area (Å²) >= 11 is 1.42. The van der Waals surface area contributed by atoms with Crippen LogP contribution in [-0.2, 0) is 0 Å². The van der Waals surface area contributed by atoms with Crippen LogP contribution in [0.1, 0.15) is 61.1 Å². The van der Waals surface area contributed by atoms with E-state index in [1.54, 1.807) is 23.0 Å². The Hall–Kier alpha value is -2.65. The molecule has 0 aromatic carbocycles. The molecular weight excluding hydrogens is 412 g/mol. The van der Waals surface area contributed by atoms with Crippen molar-refractivity contribution in [2.75, 3.05) is 38.2 Å². The zero-order valence-electron chi connectivity index (χ0n) is 18.6. The number of aromatic nitrogens is 1. The van der Waals surface area contributed by atoms with E-state index in [9.17, 15) is 9.59 Å². The highest BCUT2D eigenvalue weighted by molar-refractivity contribution is 7.09. The summed E-state index contributed by atoms with van der Waals surface area (Å²) in [5, 5.41) is 12.3. The summed E-state index contributed by atoms with van der Waals surface area (Å²) in [5.41, 5.74) is 8.08. The molecule has 0 radical (unpaired) electrons. The second-order valence-electron chi connectivity index (χ2n) is 7.78. The molecule has 2 rings (SSSR count). The molecule has 0 spiro atoms. The standard InChI is InChI=1S/C22H34N6O2S/c1-4-5-6-7-11-24-22(30)27-18(10-12-28(2)3)16-8-9-19(25-13-16)21(29)26-20-15-31-14-17(20)23/h8-9,13-15,18H,4-7,10-12,23H2,1-3H3,(H,26,29)(H2,24,27,30). The van der Waals surface area contributed by atoms with Gasteiger partial charge in [-0.3, -0.25) is 9.78 Å². The first-order valence-corrected chi connectivity index (χ1v) is 11.6. The van der Waals surface area contributed by atoms with Crippen molar-refractivity contribution in [2.45, 2.75) is 45.1 Å². The summed E-state index contributed by atoms with van der Waals surface area (Å²) in [6.45, 7) is 3.63. The number of nitrogen functional groups attached to an aromatic ring is 1. The summed E-state index contributed by atoms with van der Waals surface area (Å²) in [6, 6.07) is 3.12. The van der Waals surface area contributed by atoms with Crippen LogP contribution in [0.3, 0.4) is 0 Å². The maximum absolute atomic E-state index is 12.4. The molecule has 31 heavy (non-hydrogen) atoms. The molecule has 9 heteroatoms. The molecule has 0 aliphatic carbocycles. The van der Waals surface area contributed by atoms with Crippen molar-refractivity contribution in [3.63, 3.8) is 0 Å². The number of carbonyl (C=O) groups is 2. The third-order valence-corrected chi connectivity index (χ3v) is 5.61. The summed E-state index contributed by atoms with van der Waals surface area (Å²) in [5.74, 6) is -0.320. The van der Waals surface area contributed by atoms with E-state index in [0.717, 1.165) is 31.4 Å². The van der Waals surface area contributed by atoms with Gasteiger partial charge in [0.25, 0.3) is 5.91 Å². The van der Waals surface area contributed by atoms with Crippen molar-refractivity contribution in [3.8, 4) is 0 Å². The van der Waals surface area contributed by atoms with Gasteiger partial charge in [-0.15, -0.1) is 11.3 Å². The molecule has 0 bridgehead atoms. The van der Waals surface area contributed by atoms with Gasteiger partial charge in [-0.1, -0.05) is 32.3 Å². The second-order valence-corrected chi connectivity index (χ2v) is 8.52. The normalized spacial score (nSPS) is 11.9. The van der Waals surface area contributed by atoms with Crippen molar-refractivity contribution in [1.29, 1.82) is 0 Å². The van der Waals surface area contributed by atoms with Crippen LogP contribution < -0.4 is 21.7 Å². The highest BCUT2D eigenvalue weighted by Crippen LogP contribution is 2.23. The van der Waals surface area contributed by atoms with Crippen LogP contribution in [0.4, 0.5) is 16.2 Å². The van der Waals surface area contributed by atoms with Gasteiger partial charge in [0.1, 0.15) is 5.69 Å². The average Bonchev–Trinajstić information content (AvgIpc) is 3.15. The van der Waals surface area contributed by atoms with Crippen LogP contribution in [0.5, 0.6) is 0 Å². The lowest BCUT2D eigenvalue weighted by atomic mass is 10.1. The quantitative estimate of drug-likeness (QED) is 0.370. The molecule has 0 saturated heterocycles. The van der Waals surface area contributed by atoms with Crippen molar-refractivity contribution in [1.82, 2.24) is 20.5 Å². The van der Waals surface area contributed by atoms with E-state index in [2.05, 4.69) is 32.8 Å². The van der Waals surface area contributed by atoms with Gasteiger partial charge in [-0.25, -0.2) is 4.79 Å². The Balaban J connectivity index is 1.98. The highest BCUT2D eigenvalue weighted by atomic mass is 32.1. The minimum Gasteiger partial charge on any atom is -0.396 e. The smallest absolute Gasteiger partial charge is 0.315 e. The van der Waals surface area contributed by atoms with Crippen LogP contribution in [-0.4, -0.2) is 49.0 Å². The van der Waals surface area contributed by atoms with E-state index in [-0.39, 0.29) is 18.0 Å². The molecule has 170 valence electrons. The monoisotopic (exact) mass is 446 g/mol. The number of unbranched alkanes of at least 4 members (excludes halogenated alkanes) is 3. The van der Waals surface area contributed by atoms with Gasteiger partial charge in [-0.2, -0.15) is 0 Å². The van der Waals surface area contributed by atoms with Crippen LogP contribution in [0.15, 0.2) is 29.1 Å². The predicted molar refractivity (Wildman–Crippen MR) is 128 cm³/mol. The fraction of sp³-hybridized carbons (Fsp3) is 0.500. The van der Waals surface area contributed by atoms with E-state index < -0.39 is 0 Å². The van der Waals surface area contributed by atoms with Gasteiger partial charge in [-0.05, 0) is 45.1 Å². The molecule has 2 aromatic heterocycles. The van der Waals surface area contributed by atoms with E-state index >= 15 is 0 Å². The molecule has 0 fully saturated rings. The van der Waals surface area contributed by atoms with Crippen molar-refractivity contribution < 1.29 is 9.59 Å². The van der Waals surface area contributed by atoms with Gasteiger partial charge in [0, 0.05) is 23.5 Å². The molecule has 3 amide bonds. The third-order valence-electron chi connectivity index (χ3n) is 4.85. The van der Waals surface area contributed by atoms with Gasteiger partial charge in [0.15, 0.2) is 0 Å². The number of thiophene rings is 1. The third kappa shape index (κ3) is 8.55. The Morgan fingerprint density at radius 3 is 2.61 bits per heavy atom. The number of nitrogens with zero attached hydrogens (tertiary/aromatic N) is 2. The van der Waals surface area contributed by atoms with Crippen LogP contribution >= 0.6 is 11.3 Å². The summed E-state index contributed by atoms with van der Waals surface area (Å²) in [7, 11) is 3.99. The van der Waals surface area contributed by atoms with Crippen molar-refractivity contribution >= 4 is 34.6 Å². The van der Waals surface area contributed by atoms with Gasteiger partial charge in [0.2, 0.25) is 0 Å². The lowest BCUT2D eigenvalue weighted by Gasteiger charge is -2.21. The van der Waals surface area contributed by atoms with E-state index in [4.69, 9.17) is 5.73 Å². The number of pyridine rings is 1. The Bertz CT molecular complexity index is 822. The number of carbonyl (C=O) groups excluding carboxylic acids is 2. The van der Waals surface area contributed by atoms with Crippen molar-refractivity contribution in [2.24, 2.45) is 0 Å². The molecule has 2 aromatic rings. The fourth-order valence-electron chi connectivity index (χ4n) is 3.01. The van der Waals surface area contributed by atoms with Gasteiger partial charge >= 0.3 is 6.03 Å². The molecule has 0 aliphatic rings. The molecule has 0 aliphatic heterocycles. The molecule has 8 nitrogen and oxygen atoms in total. The number of hydrogen-bond donors (Lipinski definition) is 4. The SMILES string of the molecule is CCCCCCNC(=O)NC(CCN(C)C)c1ccc(C(=O)Nc2cscc2N)nc1. The Labute approximate surface area is 188 Å². The van der Waals surface area contributed by atoms with E-state index in [1.807, 2.05) is 20.2 Å². The number of hydrogen-bond acceptors (Lipinski definition) is 6. The van der Waals surface area contributed by atoms with Gasteiger partial charge in [0.05, 0.1) is 17.4 Å². The van der Waals surface area contributed by atoms with E-state index in [1.165, 1.54) is 24.2 Å². The Morgan fingerprint density at radius 1 is 1.19 bits per heavy atom. The van der Waals surface area contributed by atoms with E-state index in [0.29, 0.717) is 23.6 Å². The molecule has 0 saturated carbocycles. The fourth-order valence-corrected chi connectivity index (χ4v) is 3.69. The summed E-state index contributed by atoms with van der Waals surface area (Å²) < 4.78 is 0. The van der Waals surface area contributed by atoms with Crippen molar-refractivity contribution in [3.05, 3.63) is 40.3 Å². The highest BCUT2D eigenvalue weighted by Gasteiger charge is 2.17. The average molecular weight is 447 g/mol. The zero-order valence-corrected chi connectivity index (χ0v) is 19.4. The molecule has 2 heterocycles. The number of amides is 3. The number of nitrogens with two attached hydrogens (primary N) is 1. The molecule has 5 N–H and O–H groups in total. The maximum Gasteiger partial charge on any atom is 0.315 e. The summed E-state index contributed by atoms with van der Waals surface area (Å²) in [4.78, 5) is 31.2. The minimum absolute atomic E-state index is 0.185. The first kappa shape index (κ1) is 24.6. The molecule has 1 unspecified atom stereocenters. The lowest BCUT2D eigenvalue weighted by molar-refractivity contribution is 0.102. The number of nitrogens with one attached hydrogen (secondary N) is 3. The maximum atomic E-state index is 12.4. The second kappa shape index (κ2) is 12.9. The number of anilines is 2. The van der Waals surface area contributed by atoms with Crippen LogP contribution in [0.2, 0.25) is 0 Å². The first-order chi connectivity index (χ1) is 14.9. The molecular formula is C22H34N6O2S. The number of rotatable bonds is 12. The van der Waals surface area contributed by atoms with Gasteiger partial charge < -0.3 is 26.6 Å². The number of urea groups is 1. The van der Waals surface area contributed by atoms with Crippen LogP contribution in [0.25, 0.3) is 0 Å². The topological polar surface area (TPSA) is 112 Å². The predicted octanol–water partition coefficient (Wildman–Crippen LogP) is 3.85. The first-order valence-electron chi connectivity index (χ1n) is 10.7. The van der Waals surface area contributed by atoms with Crippen LogP contribution in [0, 0.1) is 0 Å². The zero-order chi connectivity index (χ0) is 22.6.